The van der Waals surface area contributed by atoms with E-state index in [-0.39, 0.29) is 24.9 Å². The van der Waals surface area contributed by atoms with Crippen LogP contribution in [-0.2, 0) is 14.3 Å². The first-order chi connectivity index (χ1) is 33.5. The average Bonchev–Trinajstić information content (AvgIpc) is 3.33. The van der Waals surface area contributed by atoms with Gasteiger partial charge < -0.3 is 20.3 Å². The van der Waals surface area contributed by atoms with Crippen LogP contribution in [0.4, 0.5) is 0 Å². The van der Waals surface area contributed by atoms with Gasteiger partial charge in [-0.3, -0.25) is 9.59 Å². The van der Waals surface area contributed by atoms with Crippen LogP contribution in [0.3, 0.4) is 0 Å². The molecule has 0 aromatic rings. The highest BCUT2D eigenvalue weighted by atomic mass is 16.5. The summed E-state index contributed by atoms with van der Waals surface area (Å²) in [6.45, 7) is 6.44. The number of carbonyl (C=O) groups excluding carboxylic acids is 2. The Kier molecular flexibility index (Phi) is 53.0. The highest BCUT2D eigenvalue weighted by molar-refractivity contribution is 5.77. The van der Waals surface area contributed by atoms with Gasteiger partial charge in [0.05, 0.1) is 25.2 Å². The number of aliphatic hydroxyl groups excluding tert-OH is 2. The van der Waals surface area contributed by atoms with Crippen LogP contribution in [0, 0.1) is 0 Å². The van der Waals surface area contributed by atoms with Crippen LogP contribution in [0.2, 0.25) is 0 Å². The Morgan fingerprint density at radius 1 is 0.426 bits per heavy atom. The molecule has 0 saturated heterocycles. The largest absolute Gasteiger partial charge is 0.462 e. The fourth-order valence-electron chi connectivity index (χ4n) is 8.56. The Balaban J connectivity index is 4.64. The summed E-state index contributed by atoms with van der Waals surface area (Å²) in [4.78, 5) is 26.3. The molecule has 0 aliphatic heterocycles. The predicted octanol–water partition coefficient (Wildman–Crippen LogP) is 18.1. The summed E-state index contributed by atoms with van der Waals surface area (Å²) in [5, 5.41) is 23.9. The van der Waals surface area contributed by atoms with Crippen LogP contribution in [0.25, 0.3) is 0 Å². The van der Waals surface area contributed by atoms with Gasteiger partial charge in [0.15, 0.2) is 0 Å². The van der Waals surface area contributed by atoms with Gasteiger partial charge in [0, 0.05) is 6.42 Å². The second kappa shape index (κ2) is 55.2. The average molecular weight is 951 g/mol. The molecule has 0 aromatic heterocycles. The summed E-state index contributed by atoms with van der Waals surface area (Å²) in [6.07, 6.45) is 71.0. The van der Waals surface area contributed by atoms with Gasteiger partial charge in [-0.2, -0.15) is 0 Å². The van der Waals surface area contributed by atoms with E-state index in [9.17, 15) is 19.8 Å². The molecule has 0 aliphatic carbocycles. The maximum Gasteiger partial charge on any atom is 0.306 e. The molecule has 3 N–H and O–H groups in total. The number of amides is 1. The molecular weight excluding hydrogens is 839 g/mol. The minimum atomic E-state index is -0.801. The highest BCUT2D eigenvalue weighted by Gasteiger charge is 2.24. The highest BCUT2D eigenvalue weighted by Crippen LogP contribution is 2.18. The van der Waals surface area contributed by atoms with Gasteiger partial charge in [0.25, 0.3) is 0 Å². The molecule has 394 valence electrons. The van der Waals surface area contributed by atoms with Crippen molar-refractivity contribution in [2.24, 2.45) is 0 Å². The predicted molar refractivity (Wildman–Crippen MR) is 296 cm³/mol. The third-order valence-corrected chi connectivity index (χ3v) is 13.0. The van der Waals surface area contributed by atoms with Crippen molar-refractivity contribution in [2.75, 3.05) is 6.61 Å². The smallest absolute Gasteiger partial charge is 0.306 e. The second-order valence-corrected chi connectivity index (χ2v) is 19.7. The first kappa shape index (κ1) is 65.3. The van der Waals surface area contributed by atoms with Gasteiger partial charge in [0.2, 0.25) is 5.91 Å². The normalized spacial score (nSPS) is 13.7. The second-order valence-electron chi connectivity index (χ2n) is 19.7. The number of allylic oxidation sites excluding steroid dienone is 12. The van der Waals surface area contributed by atoms with E-state index in [4.69, 9.17) is 4.74 Å². The molecule has 0 radical (unpaired) electrons. The van der Waals surface area contributed by atoms with Gasteiger partial charge in [0.1, 0.15) is 6.10 Å². The number of hydrogen-bond acceptors (Lipinski definition) is 5. The van der Waals surface area contributed by atoms with E-state index in [1.807, 2.05) is 0 Å². The molecule has 0 aromatic carbocycles. The lowest BCUT2D eigenvalue weighted by Crippen LogP contribution is -2.46. The molecule has 0 heterocycles. The van der Waals surface area contributed by atoms with Crippen LogP contribution in [0.5, 0.6) is 0 Å². The zero-order chi connectivity index (χ0) is 49.5. The molecule has 0 rings (SSSR count). The number of nitrogens with one attached hydrogen (secondary N) is 1. The molecular formula is C62H111NO5. The van der Waals surface area contributed by atoms with E-state index in [0.717, 1.165) is 96.3 Å². The molecule has 0 fully saturated rings. The monoisotopic (exact) mass is 950 g/mol. The Morgan fingerprint density at radius 3 is 1.16 bits per heavy atom. The van der Waals surface area contributed by atoms with E-state index in [2.05, 4.69) is 99.0 Å². The molecule has 3 atom stereocenters. The van der Waals surface area contributed by atoms with Crippen molar-refractivity contribution in [2.45, 2.75) is 302 Å². The molecule has 0 spiro atoms. The number of unbranched alkanes of at least 4 members (excludes halogenated alkanes) is 28. The first-order valence-electron chi connectivity index (χ1n) is 29.2. The van der Waals surface area contributed by atoms with Gasteiger partial charge in [-0.05, 0) is 103 Å². The van der Waals surface area contributed by atoms with Crippen LogP contribution in [0.1, 0.15) is 284 Å². The lowest BCUT2D eigenvalue weighted by molar-refractivity contribution is -0.151. The first-order valence-corrected chi connectivity index (χ1v) is 29.2. The number of hydrogen-bond donors (Lipinski definition) is 3. The maximum absolute atomic E-state index is 13.3. The van der Waals surface area contributed by atoms with Crippen molar-refractivity contribution in [1.29, 1.82) is 0 Å². The Bertz CT molecular complexity index is 1250. The SMILES string of the molecule is CCCCC/C=C\C/C=C\C/C=C\C/C=C\CCCCCC(=O)OC(CCCCCCC/C=C\C/C=C\CCCCC)CC(=O)NC(CO)C(O)CCCCCCCCCCCCCCCCC. The van der Waals surface area contributed by atoms with Crippen molar-refractivity contribution in [3.8, 4) is 0 Å². The van der Waals surface area contributed by atoms with Gasteiger partial charge >= 0.3 is 5.97 Å². The van der Waals surface area contributed by atoms with Gasteiger partial charge in [-0.15, -0.1) is 0 Å². The Hall–Kier alpha value is -2.70. The third kappa shape index (κ3) is 49.7. The van der Waals surface area contributed by atoms with Crippen LogP contribution >= 0.6 is 0 Å². The van der Waals surface area contributed by atoms with Crippen LogP contribution < -0.4 is 5.32 Å². The fraction of sp³-hybridized carbons (Fsp3) is 0.774. The Morgan fingerprint density at radius 2 is 0.750 bits per heavy atom. The summed E-state index contributed by atoms with van der Waals surface area (Å²) >= 11 is 0. The van der Waals surface area contributed by atoms with Crippen molar-refractivity contribution in [1.82, 2.24) is 5.32 Å². The van der Waals surface area contributed by atoms with E-state index in [0.29, 0.717) is 19.3 Å². The van der Waals surface area contributed by atoms with Crippen molar-refractivity contribution < 1.29 is 24.5 Å². The third-order valence-electron chi connectivity index (χ3n) is 13.0. The summed E-state index contributed by atoms with van der Waals surface area (Å²) in [7, 11) is 0. The molecule has 68 heavy (non-hydrogen) atoms. The molecule has 3 unspecified atom stereocenters. The minimum absolute atomic E-state index is 0.0534. The standard InChI is InChI=1S/C62H111NO5/c1-4-7-10-13-16-19-22-25-28-29-30-31-34-37-40-43-46-49-52-55-62(67)68-58(53-50-47-44-41-38-35-32-26-23-20-17-14-11-8-5-2)56-61(66)63-59(57-64)60(65)54-51-48-45-42-39-36-33-27-24-21-18-15-12-9-6-3/h16-17,19-20,25-26,28,30-32,37,40,58-60,64-65H,4-15,18,21-24,27,29,33-36,38-39,41-57H2,1-3H3,(H,63,66)/b19-16-,20-17-,28-25-,31-30-,32-26-,40-37-. The molecule has 6 nitrogen and oxygen atoms in total. The topological polar surface area (TPSA) is 95.9 Å². The van der Waals surface area contributed by atoms with E-state index in [1.165, 1.54) is 141 Å². The van der Waals surface area contributed by atoms with Crippen LogP contribution in [-0.4, -0.2) is 46.9 Å². The number of rotatable bonds is 52. The molecule has 1 amide bonds. The minimum Gasteiger partial charge on any atom is -0.462 e. The van der Waals surface area contributed by atoms with Crippen molar-refractivity contribution in [3.05, 3.63) is 72.9 Å². The molecule has 6 heteroatoms. The summed E-state index contributed by atoms with van der Waals surface area (Å²) in [6, 6.07) is -0.717. The lowest BCUT2D eigenvalue weighted by Gasteiger charge is -2.24. The zero-order valence-electron chi connectivity index (χ0n) is 45.0. The zero-order valence-corrected chi connectivity index (χ0v) is 45.0. The number of carbonyl (C=O) groups is 2. The number of aliphatic hydroxyl groups is 2. The fourth-order valence-corrected chi connectivity index (χ4v) is 8.56. The Labute approximate surface area is 421 Å². The van der Waals surface area contributed by atoms with E-state index in [1.54, 1.807) is 0 Å². The number of ether oxygens (including phenoxy) is 1. The van der Waals surface area contributed by atoms with Crippen molar-refractivity contribution in [3.63, 3.8) is 0 Å². The van der Waals surface area contributed by atoms with Crippen LogP contribution in [0.15, 0.2) is 72.9 Å². The number of esters is 1. The van der Waals surface area contributed by atoms with Gasteiger partial charge in [-0.25, -0.2) is 0 Å². The molecule has 0 bridgehead atoms. The summed E-state index contributed by atoms with van der Waals surface area (Å²) < 4.78 is 5.94. The summed E-state index contributed by atoms with van der Waals surface area (Å²) in [5.74, 6) is -0.519. The lowest BCUT2D eigenvalue weighted by atomic mass is 10.0. The molecule has 0 saturated carbocycles. The van der Waals surface area contributed by atoms with Gasteiger partial charge in [-0.1, -0.05) is 241 Å². The quantitative estimate of drug-likeness (QED) is 0.0321. The summed E-state index contributed by atoms with van der Waals surface area (Å²) in [5.41, 5.74) is 0. The van der Waals surface area contributed by atoms with E-state index >= 15 is 0 Å². The van der Waals surface area contributed by atoms with E-state index < -0.39 is 18.2 Å². The maximum atomic E-state index is 13.3. The van der Waals surface area contributed by atoms with Crippen molar-refractivity contribution >= 4 is 11.9 Å². The molecule has 0 aliphatic rings.